The van der Waals surface area contributed by atoms with Crippen molar-refractivity contribution in [3.8, 4) is 0 Å². The second-order valence-corrected chi connectivity index (χ2v) is 15.9. The zero-order valence-electron chi connectivity index (χ0n) is 32.8. The number of carbonyl (C=O) groups is 4. The topological polar surface area (TPSA) is 150 Å². The number of hydrogen-bond donors (Lipinski definition) is 4. The normalized spacial score (nSPS) is 25.9. The van der Waals surface area contributed by atoms with E-state index in [1.54, 1.807) is 44.9 Å². The molecule has 2 aliphatic heterocycles. The number of hydrogen-bond acceptors (Lipinski definition) is 8. The largest absolute Gasteiger partial charge is 0.386 e. The zero-order chi connectivity index (χ0) is 38.3. The van der Waals surface area contributed by atoms with E-state index in [0.29, 0.717) is 30.5 Å². The number of nitrogens with zero attached hydrogens (tertiary/aromatic N) is 2. The molecule has 1 aliphatic carbocycles. The number of benzene rings is 1. The fourth-order valence-electron chi connectivity index (χ4n) is 8.81. The number of ether oxygens (including phenoxy) is 2. The van der Waals surface area contributed by atoms with Gasteiger partial charge in [-0.1, -0.05) is 71.4 Å². The Morgan fingerprint density at radius 3 is 2.25 bits per heavy atom. The molecular weight excluding hydrogens is 662 g/mol. The van der Waals surface area contributed by atoms with Crippen LogP contribution in [0.3, 0.4) is 0 Å². The van der Waals surface area contributed by atoms with Gasteiger partial charge in [-0.05, 0) is 62.3 Å². The summed E-state index contributed by atoms with van der Waals surface area (Å²) < 4.78 is 11.9. The SMILES string of the molecule is CC[C@H](C)[C@@H]([C@@H](CC(=O)N1CCC[C@H]1[C@H](OC)[C@@H](C)C(=O)N[C@H](C)[C@@H](O)c1ccccc1)OC)N(C)C(=O)[C@@H](NC(=O)[C@H]1N[C@H]2CC[C@H]1C2)C(C)C. The summed E-state index contributed by atoms with van der Waals surface area (Å²) in [5.41, 5.74) is 0.715. The molecule has 12 nitrogen and oxygen atoms in total. The van der Waals surface area contributed by atoms with Gasteiger partial charge in [-0.3, -0.25) is 19.2 Å². The van der Waals surface area contributed by atoms with Crippen molar-refractivity contribution < 1.29 is 33.8 Å². The molecule has 0 spiro atoms. The fraction of sp³-hybridized carbons (Fsp3) is 0.750. The molecule has 0 unspecified atom stereocenters. The number of likely N-dealkylation sites (N-methyl/N-ethyl adjacent to an activating group) is 1. The van der Waals surface area contributed by atoms with E-state index >= 15 is 0 Å². The molecule has 4 N–H and O–H groups in total. The van der Waals surface area contributed by atoms with Crippen LogP contribution in [0, 0.1) is 23.7 Å². The molecule has 0 aromatic heterocycles. The smallest absolute Gasteiger partial charge is 0.245 e. The molecule has 52 heavy (non-hydrogen) atoms. The Hall–Kier alpha value is -3.06. The van der Waals surface area contributed by atoms with Crippen LogP contribution in [-0.2, 0) is 28.7 Å². The summed E-state index contributed by atoms with van der Waals surface area (Å²) in [5, 5.41) is 20.3. The second kappa shape index (κ2) is 18.8. The van der Waals surface area contributed by atoms with Crippen LogP contribution in [0.1, 0.15) is 98.2 Å². The van der Waals surface area contributed by atoms with Gasteiger partial charge < -0.3 is 40.3 Å². The van der Waals surface area contributed by atoms with Crippen LogP contribution in [0.4, 0.5) is 0 Å². The number of nitrogens with one attached hydrogen (secondary N) is 3. The lowest BCUT2D eigenvalue weighted by Crippen LogP contribution is -2.59. The molecule has 4 rings (SSSR count). The Bertz CT molecular complexity index is 1350. The van der Waals surface area contributed by atoms with Gasteiger partial charge in [-0.25, -0.2) is 0 Å². The van der Waals surface area contributed by atoms with Crippen molar-refractivity contribution in [2.24, 2.45) is 23.7 Å². The average Bonchev–Trinajstić information content (AvgIpc) is 3.92. The molecule has 2 saturated heterocycles. The first-order valence-electron chi connectivity index (χ1n) is 19.4. The predicted molar refractivity (Wildman–Crippen MR) is 200 cm³/mol. The quantitative estimate of drug-likeness (QED) is 0.180. The summed E-state index contributed by atoms with van der Waals surface area (Å²) >= 11 is 0. The highest BCUT2D eigenvalue weighted by molar-refractivity contribution is 5.90. The van der Waals surface area contributed by atoms with Gasteiger partial charge in [0, 0.05) is 33.9 Å². The highest BCUT2D eigenvalue weighted by Crippen LogP contribution is 2.35. The molecule has 3 fully saturated rings. The first-order chi connectivity index (χ1) is 24.7. The molecule has 1 aromatic rings. The lowest BCUT2D eigenvalue weighted by Gasteiger charge is -2.41. The van der Waals surface area contributed by atoms with Crippen LogP contribution in [0.15, 0.2) is 30.3 Å². The standard InChI is InChI=1S/C40H65N5O7/c1-10-24(4)35(44(7)40(50)33(23(2)3)43-39(49)34-28-18-19-29(21-28)42-34)31(51-8)22-32(46)45-20-14-17-30(45)37(52-9)25(5)38(48)41-26(6)36(47)27-15-12-11-13-16-27/h11-13,15-16,23-26,28-31,33-37,42,47H,10,14,17-22H2,1-9H3,(H,41,48)(H,43,49)/t24-,25+,26+,28-,29-,30-,31+,33-,34-,35-,36+,37+/m0/s1. The number of carbonyl (C=O) groups excluding carboxylic acids is 4. The van der Waals surface area contributed by atoms with Crippen LogP contribution in [-0.4, -0.2) is 115 Å². The van der Waals surface area contributed by atoms with Gasteiger partial charge in [0.05, 0.1) is 54.8 Å². The third kappa shape index (κ3) is 9.53. The molecule has 292 valence electrons. The maximum Gasteiger partial charge on any atom is 0.245 e. The molecule has 4 amide bonds. The van der Waals surface area contributed by atoms with Crippen molar-refractivity contribution in [2.75, 3.05) is 27.8 Å². The summed E-state index contributed by atoms with van der Waals surface area (Å²) in [6, 6.07) is 7.32. The molecule has 1 saturated carbocycles. The second-order valence-electron chi connectivity index (χ2n) is 15.9. The Morgan fingerprint density at radius 2 is 1.69 bits per heavy atom. The molecular formula is C40H65N5O7. The number of fused-ring (bicyclic) bond motifs is 2. The maximum atomic E-state index is 14.2. The monoisotopic (exact) mass is 727 g/mol. The van der Waals surface area contributed by atoms with Gasteiger partial charge in [0.15, 0.2) is 0 Å². The van der Waals surface area contributed by atoms with Crippen molar-refractivity contribution in [2.45, 2.75) is 141 Å². The number of aliphatic hydroxyl groups excluding tert-OH is 1. The zero-order valence-corrected chi connectivity index (χ0v) is 32.8. The maximum absolute atomic E-state index is 14.2. The van der Waals surface area contributed by atoms with Gasteiger partial charge >= 0.3 is 0 Å². The Balaban J connectivity index is 1.44. The van der Waals surface area contributed by atoms with E-state index < -0.39 is 42.4 Å². The van der Waals surface area contributed by atoms with Gasteiger partial charge in [-0.2, -0.15) is 0 Å². The van der Waals surface area contributed by atoms with Crippen molar-refractivity contribution in [1.82, 2.24) is 25.8 Å². The summed E-state index contributed by atoms with van der Waals surface area (Å²) in [6.45, 7) is 12.1. The molecule has 12 heteroatoms. The first-order valence-corrected chi connectivity index (χ1v) is 19.4. The van der Waals surface area contributed by atoms with E-state index in [-0.39, 0.29) is 54.0 Å². The minimum Gasteiger partial charge on any atom is -0.386 e. The van der Waals surface area contributed by atoms with Crippen LogP contribution in [0.5, 0.6) is 0 Å². The van der Waals surface area contributed by atoms with E-state index in [1.807, 2.05) is 44.2 Å². The van der Waals surface area contributed by atoms with Crippen LogP contribution < -0.4 is 16.0 Å². The molecule has 1 aromatic carbocycles. The number of likely N-dealkylation sites (tertiary alicyclic amines) is 1. The molecule has 2 bridgehead atoms. The molecule has 12 atom stereocenters. The van der Waals surface area contributed by atoms with E-state index in [9.17, 15) is 24.3 Å². The predicted octanol–water partition coefficient (Wildman–Crippen LogP) is 3.43. The highest BCUT2D eigenvalue weighted by atomic mass is 16.5. The minimum absolute atomic E-state index is 0.000454. The number of rotatable bonds is 18. The third-order valence-corrected chi connectivity index (χ3v) is 12.1. The molecule has 2 heterocycles. The van der Waals surface area contributed by atoms with Crippen LogP contribution >= 0.6 is 0 Å². The van der Waals surface area contributed by atoms with Crippen molar-refractivity contribution in [3.05, 3.63) is 35.9 Å². The summed E-state index contributed by atoms with van der Waals surface area (Å²) in [6.07, 6.45) is 3.34. The minimum atomic E-state index is -0.871. The number of piperidine rings is 1. The summed E-state index contributed by atoms with van der Waals surface area (Å²) in [4.78, 5) is 58.7. The van der Waals surface area contributed by atoms with Crippen LogP contribution in [0.25, 0.3) is 0 Å². The van der Waals surface area contributed by atoms with Crippen molar-refractivity contribution in [3.63, 3.8) is 0 Å². The lowest BCUT2D eigenvalue weighted by molar-refractivity contribution is -0.148. The Kier molecular flexibility index (Phi) is 15.1. The third-order valence-electron chi connectivity index (χ3n) is 12.1. The van der Waals surface area contributed by atoms with Gasteiger partial charge in [0.25, 0.3) is 0 Å². The van der Waals surface area contributed by atoms with Crippen molar-refractivity contribution >= 4 is 23.6 Å². The Morgan fingerprint density at radius 1 is 1.00 bits per heavy atom. The summed E-state index contributed by atoms with van der Waals surface area (Å²) in [7, 11) is 4.89. The number of methoxy groups -OCH3 is 2. The first kappa shape index (κ1) is 41.7. The lowest BCUT2D eigenvalue weighted by atomic mass is 9.89. The average molecular weight is 728 g/mol. The van der Waals surface area contributed by atoms with Gasteiger partial charge in [0.2, 0.25) is 23.6 Å². The van der Waals surface area contributed by atoms with Crippen molar-refractivity contribution in [1.29, 1.82) is 0 Å². The van der Waals surface area contributed by atoms with E-state index in [4.69, 9.17) is 9.47 Å². The highest BCUT2D eigenvalue weighted by Gasteiger charge is 2.46. The molecule has 3 aliphatic rings. The molecule has 0 radical (unpaired) electrons. The van der Waals surface area contributed by atoms with E-state index in [1.165, 1.54) is 0 Å². The van der Waals surface area contributed by atoms with Gasteiger partial charge in [-0.15, -0.1) is 0 Å². The number of aliphatic hydroxyl groups is 1. The van der Waals surface area contributed by atoms with E-state index in [0.717, 1.165) is 32.1 Å². The fourth-order valence-corrected chi connectivity index (χ4v) is 8.81. The number of amides is 4. The van der Waals surface area contributed by atoms with Gasteiger partial charge in [0.1, 0.15) is 6.04 Å². The van der Waals surface area contributed by atoms with Crippen LogP contribution in [0.2, 0.25) is 0 Å². The summed E-state index contributed by atoms with van der Waals surface area (Å²) in [5.74, 6) is -1.13. The Labute approximate surface area is 311 Å². The van der Waals surface area contributed by atoms with E-state index in [2.05, 4.69) is 29.8 Å².